The van der Waals surface area contributed by atoms with Gasteiger partial charge in [-0.15, -0.1) is 11.3 Å². The van der Waals surface area contributed by atoms with Crippen molar-refractivity contribution in [3.05, 3.63) is 45.1 Å². The molecule has 0 atom stereocenters. The number of carbonyl (C=O) groups excluding carboxylic acids is 1. The number of hydrogen-bond acceptors (Lipinski definition) is 3. The summed E-state index contributed by atoms with van der Waals surface area (Å²) in [5.41, 5.74) is 3.28. The second-order valence-electron chi connectivity index (χ2n) is 7.39. The summed E-state index contributed by atoms with van der Waals surface area (Å²) in [4.78, 5) is 14.9. The summed E-state index contributed by atoms with van der Waals surface area (Å²) in [6.07, 6.45) is 4.67. The fourth-order valence-electron chi connectivity index (χ4n) is 3.06. The second-order valence-corrected chi connectivity index (χ2v) is 8.52. The molecule has 1 aromatic carbocycles. The molecule has 0 saturated carbocycles. The Morgan fingerprint density at radius 3 is 2.58 bits per heavy atom. The van der Waals surface area contributed by atoms with Crippen molar-refractivity contribution in [2.24, 2.45) is 0 Å². The SMILES string of the molecule is COc1ccc(C(C)(C)C)cc1NC(=O)c1cc2c(s1)CCCC2. The Morgan fingerprint density at radius 1 is 1.17 bits per heavy atom. The zero-order valence-electron chi connectivity index (χ0n) is 14.9. The van der Waals surface area contributed by atoms with Crippen LogP contribution in [-0.2, 0) is 18.3 Å². The first-order valence-corrected chi connectivity index (χ1v) is 9.31. The first-order chi connectivity index (χ1) is 11.4. The van der Waals surface area contributed by atoms with Crippen LogP contribution in [-0.4, -0.2) is 13.0 Å². The van der Waals surface area contributed by atoms with Gasteiger partial charge in [-0.3, -0.25) is 4.79 Å². The number of nitrogens with one attached hydrogen (secondary N) is 1. The van der Waals surface area contributed by atoms with Crippen LogP contribution in [0.4, 0.5) is 5.69 Å². The van der Waals surface area contributed by atoms with Gasteiger partial charge in [-0.05, 0) is 60.4 Å². The van der Waals surface area contributed by atoms with Gasteiger partial charge in [-0.2, -0.15) is 0 Å². The predicted molar refractivity (Wildman–Crippen MR) is 101 cm³/mol. The maximum atomic E-state index is 12.7. The van der Waals surface area contributed by atoms with Crippen LogP contribution in [0.25, 0.3) is 0 Å². The number of ether oxygens (including phenoxy) is 1. The molecule has 0 aliphatic heterocycles. The van der Waals surface area contributed by atoms with Crippen molar-refractivity contribution in [1.82, 2.24) is 0 Å². The minimum atomic E-state index is -0.0428. The van der Waals surface area contributed by atoms with Crippen LogP contribution in [0.2, 0.25) is 0 Å². The summed E-state index contributed by atoms with van der Waals surface area (Å²) in [5.74, 6) is 0.649. The molecular weight excluding hydrogens is 318 g/mol. The van der Waals surface area contributed by atoms with Crippen molar-refractivity contribution in [3.8, 4) is 5.75 Å². The van der Waals surface area contributed by atoms with Crippen LogP contribution in [0, 0.1) is 0 Å². The van der Waals surface area contributed by atoms with E-state index in [2.05, 4.69) is 38.2 Å². The molecule has 1 aliphatic rings. The van der Waals surface area contributed by atoms with Gasteiger partial charge in [0.25, 0.3) is 5.91 Å². The molecule has 3 nitrogen and oxygen atoms in total. The van der Waals surface area contributed by atoms with Crippen LogP contribution >= 0.6 is 11.3 Å². The maximum absolute atomic E-state index is 12.7. The lowest BCUT2D eigenvalue weighted by molar-refractivity contribution is 0.103. The van der Waals surface area contributed by atoms with E-state index in [1.807, 2.05) is 12.1 Å². The van der Waals surface area contributed by atoms with Gasteiger partial charge in [-0.1, -0.05) is 26.8 Å². The Bertz CT molecular complexity index is 732. The third-order valence-corrected chi connectivity index (χ3v) is 5.77. The van der Waals surface area contributed by atoms with E-state index in [4.69, 9.17) is 4.74 Å². The summed E-state index contributed by atoms with van der Waals surface area (Å²) in [6.45, 7) is 6.48. The molecule has 0 spiro atoms. The molecule has 0 bridgehead atoms. The van der Waals surface area contributed by atoms with Gasteiger partial charge in [-0.25, -0.2) is 0 Å². The molecule has 2 aromatic rings. The number of fused-ring (bicyclic) bond motifs is 1. The molecule has 0 saturated heterocycles. The molecule has 1 N–H and O–H groups in total. The summed E-state index contributed by atoms with van der Waals surface area (Å²) in [7, 11) is 1.63. The normalized spacial score (nSPS) is 14.2. The summed E-state index contributed by atoms with van der Waals surface area (Å²) >= 11 is 1.63. The highest BCUT2D eigenvalue weighted by molar-refractivity contribution is 7.14. The number of rotatable bonds is 3. The number of benzene rings is 1. The Labute approximate surface area is 148 Å². The van der Waals surface area contributed by atoms with Gasteiger partial charge in [0.15, 0.2) is 0 Å². The van der Waals surface area contributed by atoms with E-state index < -0.39 is 0 Å². The van der Waals surface area contributed by atoms with Crippen LogP contribution in [0.1, 0.15) is 59.3 Å². The van der Waals surface area contributed by atoms with Crippen LogP contribution < -0.4 is 10.1 Å². The Hall–Kier alpha value is -1.81. The predicted octanol–water partition coefficient (Wildman–Crippen LogP) is 5.19. The van der Waals surface area contributed by atoms with Gasteiger partial charge in [0.05, 0.1) is 17.7 Å². The number of aryl methyl sites for hydroxylation is 2. The van der Waals surface area contributed by atoms with Gasteiger partial charge in [0.1, 0.15) is 5.75 Å². The molecule has 128 valence electrons. The minimum Gasteiger partial charge on any atom is -0.495 e. The Kier molecular flexibility index (Phi) is 4.68. The van der Waals surface area contributed by atoms with E-state index in [1.54, 1.807) is 18.4 Å². The first-order valence-electron chi connectivity index (χ1n) is 8.50. The highest BCUT2D eigenvalue weighted by Crippen LogP contribution is 2.33. The largest absolute Gasteiger partial charge is 0.495 e. The summed E-state index contributed by atoms with van der Waals surface area (Å²) in [5, 5.41) is 3.05. The Balaban J connectivity index is 1.86. The monoisotopic (exact) mass is 343 g/mol. The summed E-state index contributed by atoms with van der Waals surface area (Å²) in [6, 6.07) is 8.06. The van der Waals surface area contributed by atoms with Crippen molar-refractivity contribution in [2.75, 3.05) is 12.4 Å². The van der Waals surface area contributed by atoms with Gasteiger partial charge >= 0.3 is 0 Å². The molecule has 0 radical (unpaired) electrons. The summed E-state index contributed by atoms with van der Waals surface area (Å²) < 4.78 is 5.42. The Morgan fingerprint density at radius 2 is 1.92 bits per heavy atom. The highest BCUT2D eigenvalue weighted by Gasteiger charge is 2.20. The quantitative estimate of drug-likeness (QED) is 0.833. The number of hydrogen-bond donors (Lipinski definition) is 1. The molecule has 3 rings (SSSR count). The van der Waals surface area contributed by atoms with Crippen molar-refractivity contribution >= 4 is 22.9 Å². The van der Waals surface area contributed by atoms with Crippen LogP contribution in [0.15, 0.2) is 24.3 Å². The fraction of sp³-hybridized carbons (Fsp3) is 0.450. The lowest BCUT2D eigenvalue weighted by Crippen LogP contribution is -2.14. The lowest BCUT2D eigenvalue weighted by atomic mass is 9.87. The molecular formula is C20H25NO2S. The number of methoxy groups -OCH3 is 1. The van der Waals surface area contributed by atoms with Gasteiger partial charge in [0.2, 0.25) is 0 Å². The zero-order chi connectivity index (χ0) is 17.3. The lowest BCUT2D eigenvalue weighted by Gasteiger charge is -2.21. The fourth-order valence-corrected chi connectivity index (χ4v) is 4.21. The highest BCUT2D eigenvalue weighted by atomic mass is 32.1. The van der Waals surface area contributed by atoms with Crippen LogP contribution in [0.3, 0.4) is 0 Å². The average Bonchev–Trinajstić information content (AvgIpc) is 2.98. The van der Waals surface area contributed by atoms with E-state index in [1.165, 1.54) is 28.8 Å². The second kappa shape index (κ2) is 6.60. The van der Waals surface area contributed by atoms with E-state index in [9.17, 15) is 4.79 Å². The first kappa shape index (κ1) is 17.0. The molecule has 1 aromatic heterocycles. The standard InChI is InChI=1S/C20H25NO2S/c1-20(2,3)14-9-10-16(23-4)15(12-14)21-19(22)18-11-13-7-5-6-8-17(13)24-18/h9-12H,5-8H2,1-4H3,(H,21,22). The molecule has 0 fully saturated rings. The van der Waals surface area contributed by atoms with Crippen molar-refractivity contribution in [3.63, 3.8) is 0 Å². The number of amides is 1. The van der Waals surface area contributed by atoms with Gasteiger partial charge in [0, 0.05) is 4.88 Å². The van der Waals surface area contributed by atoms with Crippen molar-refractivity contribution in [1.29, 1.82) is 0 Å². The molecule has 1 aliphatic carbocycles. The van der Waals surface area contributed by atoms with Crippen LogP contribution in [0.5, 0.6) is 5.75 Å². The van der Waals surface area contributed by atoms with E-state index in [0.29, 0.717) is 5.75 Å². The maximum Gasteiger partial charge on any atom is 0.265 e. The third kappa shape index (κ3) is 3.48. The van der Waals surface area contributed by atoms with E-state index >= 15 is 0 Å². The van der Waals surface area contributed by atoms with E-state index in [0.717, 1.165) is 23.4 Å². The third-order valence-electron chi connectivity index (χ3n) is 4.53. The van der Waals surface area contributed by atoms with Gasteiger partial charge < -0.3 is 10.1 Å². The molecule has 1 amide bonds. The number of carbonyl (C=O) groups is 1. The van der Waals surface area contributed by atoms with Crippen molar-refractivity contribution < 1.29 is 9.53 Å². The molecule has 1 heterocycles. The number of anilines is 1. The minimum absolute atomic E-state index is 0.0216. The van der Waals surface area contributed by atoms with Crippen molar-refractivity contribution in [2.45, 2.75) is 51.9 Å². The average molecular weight is 343 g/mol. The smallest absolute Gasteiger partial charge is 0.265 e. The molecule has 4 heteroatoms. The molecule has 0 unspecified atom stereocenters. The van der Waals surface area contributed by atoms with E-state index in [-0.39, 0.29) is 11.3 Å². The number of thiophene rings is 1. The molecule has 24 heavy (non-hydrogen) atoms. The topological polar surface area (TPSA) is 38.3 Å². The zero-order valence-corrected chi connectivity index (χ0v) is 15.7.